The van der Waals surface area contributed by atoms with Crippen LogP contribution in [0.4, 0.5) is 5.69 Å². The van der Waals surface area contributed by atoms with Gasteiger partial charge in [-0.3, -0.25) is 9.12 Å². The first-order chi connectivity index (χ1) is 10.8. The van der Waals surface area contributed by atoms with Crippen molar-refractivity contribution >= 4 is 44.0 Å². The monoisotopic (exact) mass is 395 g/mol. The van der Waals surface area contributed by atoms with E-state index in [2.05, 4.69) is 0 Å². The second-order valence-corrected chi connectivity index (χ2v) is 10.4. The van der Waals surface area contributed by atoms with Crippen molar-refractivity contribution < 1.29 is 35.7 Å². The van der Waals surface area contributed by atoms with Crippen LogP contribution in [0.1, 0.15) is 0 Å². The van der Waals surface area contributed by atoms with Crippen LogP contribution < -0.4 is 5.73 Å². The Hall–Kier alpha value is -1.49. The fraction of sp³-hybridized carbons (Fsp3) is 0.167. The van der Waals surface area contributed by atoms with Crippen LogP contribution >= 0.6 is 7.60 Å². The highest BCUT2D eigenvalue weighted by Crippen LogP contribution is 2.36. The molecular formula is C12H14NO8PS2. The van der Waals surface area contributed by atoms with Crippen molar-refractivity contribution in [2.45, 2.75) is 9.79 Å². The third kappa shape index (κ3) is 4.32. The third-order valence-corrected chi connectivity index (χ3v) is 6.89. The summed E-state index contributed by atoms with van der Waals surface area (Å²) in [6.45, 7) is 0. The fourth-order valence-corrected chi connectivity index (χ4v) is 5.64. The SMILES string of the molecule is Nc1ccc2cc(S(=O)(=O)O)cc(S(=O)(=O)CCP(=O)(O)O)c2c1. The van der Waals surface area contributed by atoms with Crippen molar-refractivity contribution in [3.8, 4) is 0 Å². The molecule has 0 aliphatic carbocycles. The quantitative estimate of drug-likeness (QED) is 0.321. The molecule has 0 fully saturated rings. The van der Waals surface area contributed by atoms with E-state index in [9.17, 15) is 26.0 Å². The predicted molar refractivity (Wildman–Crippen MR) is 87.1 cm³/mol. The molecule has 2 aromatic carbocycles. The molecular weight excluding hydrogens is 381 g/mol. The number of nitrogens with two attached hydrogens (primary N) is 1. The van der Waals surface area contributed by atoms with E-state index in [4.69, 9.17) is 15.5 Å². The summed E-state index contributed by atoms with van der Waals surface area (Å²) in [4.78, 5) is 16.6. The van der Waals surface area contributed by atoms with E-state index in [1.54, 1.807) is 0 Å². The summed E-state index contributed by atoms with van der Waals surface area (Å²) >= 11 is 0. The Kier molecular flexibility index (Phi) is 4.79. The lowest BCUT2D eigenvalue weighted by Crippen LogP contribution is -2.12. The van der Waals surface area contributed by atoms with Crippen LogP contribution in [0, 0.1) is 0 Å². The number of nitrogen functional groups attached to an aromatic ring is 1. The smallest absolute Gasteiger partial charge is 0.326 e. The van der Waals surface area contributed by atoms with Gasteiger partial charge < -0.3 is 15.5 Å². The lowest BCUT2D eigenvalue weighted by Gasteiger charge is -2.11. The summed E-state index contributed by atoms with van der Waals surface area (Å²) < 4.78 is 67.7. The molecule has 5 N–H and O–H groups in total. The van der Waals surface area contributed by atoms with Gasteiger partial charge in [0.15, 0.2) is 9.84 Å². The molecule has 0 saturated carbocycles. The number of sulfone groups is 1. The van der Waals surface area contributed by atoms with E-state index < -0.39 is 49.3 Å². The molecule has 9 nitrogen and oxygen atoms in total. The van der Waals surface area contributed by atoms with Gasteiger partial charge >= 0.3 is 7.60 Å². The van der Waals surface area contributed by atoms with Crippen molar-refractivity contribution in [1.29, 1.82) is 0 Å². The van der Waals surface area contributed by atoms with Crippen molar-refractivity contribution in [3.63, 3.8) is 0 Å². The van der Waals surface area contributed by atoms with E-state index in [1.807, 2.05) is 0 Å². The number of rotatable bonds is 5. The Morgan fingerprint density at radius 1 is 1.04 bits per heavy atom. The molecule has 0 saturated heterocycles. The summed E-state index contributed by atoms with van der Waals surface area (Å²) in [7, 11) is -13.5. The Bertz CT molecular complexity index is 1060. The van der Waals surface area contributed by atoms with Gasteiger partial charge in [-0.25, -0.2) is 8.42 Å². The van der Waals surface area contributed by atoms with E-state index in [0.29, 0.717) is 0 Å². The van der Waals surface area contributed by atoms with Gasteiger partial charge in [-0.15, -0.1) is 0 Å². The predicted octanol–water partition coefficient (Wildman–Crippen LogP) is 0.620. The zero-order chi connectivity index (χ0) is 18.3. The van der Waals surface area contributed by atoms with Crippen LogP contribution in [-0.2, 0) is 24.5 Å². The Balaban J connectivity index is 2.75. The zero-order valence-electron chi connectivity index (χ0n) is 12.0. The van der Waals surface area contributed by atoms with Crippen LogP contribution in [0.2, 0.25) is 0 Å². The highest BCUT2D eigenvalue weighted by Gasteiger charge is 2.25. The van der Waals surface area contributed by atoms with Crippen molar-refractivity contribution in [1.82, 2.24) is 0 Å². The summed E-state index contributed by atoms with van der Waals surface area (Å²) in [5.74, 6) is -0.893. The molecule has 0 spiro atoms. The zero-order valence-corrected chi connectivity index (χ0v) is 14.6. The second kappa shape index (κ2) is 6.10. The van der Waals surface area contributed by atoms with Crippen LogP contribution in [-0.4, -0.2) is 43.1 Å². The van der Waals surface area contributed by atoms with Crippen molar-refractivity contribution in [2.24, 2.45) is 0 Å². The Morgan fingerprint density at radius 3 is 2.21 bits per heavy atom. The topological polar surface area (TPSA) is 172 Å². The largest absolute Gasteiger partial charge is 0.399 e. The number of benzene rings is 2. The maximum atomic E-state index is 12.4. The number of hydrogen-bond donors (Lipinski definition) is 4. The average Bonchev–Trinajstić information content (AvgIpc) is 2.42. The van der Waals surface area contributed by atoms with Gasteiger partial charge in [-0.1, -0.05) is 6.07 Å². The lowest BCUT2D eigenvalue weighted by atomic mass is 10.1. The van der Waals surface area contributed by atoms with Crippen LogP contribution in [0.5, 0.6) is 0 Å². The van der Waals surface area contributed by atoms with E-state index in [0.717, 1.165) is 12.1 Å². The summed E-state index contributed by atoms with van der Waals surface area (Å²) in [5, 5.41) is 0.280. The minimum atomic E-state index is -4.68. The molecule has 24 heavy (non-hydrogen) atoms. The molecule has 0 aliphatic heterocycles. The van der Waals surface area contributed by atoms with Gasteiger partial charge in [-0.2, -0.15) is 8.42 Å². The molecule has 0 aromatic heterocycles. The summed E-state index contributed by atoms with van der Waals surface area (Å²) in [5.41, 5.74) is 5.83. The van der Waals surface area contributed by atoms with Crippen LogP contribution in [0.15, 0.2) is 40.1 Å². The molecule has 132 valence electrons. The molecule has 0 amide bonds. The first-order valence-corrected chi connectivity index (χ1v) is 11.3. The molecule has 0 bridgehead atoms. The lowest BCUT2D eigenvalue weighted by molar-refractivity contribution is 0.374. The van der Waals surface area contributed by atoms with Crippen LogP contribution in [0.3, 0.4) is 0 Å². The van der Waals surface area contributed by atoms with Gasteiger partial charge in [0.1, 0.15) is 0 Å². The molecule has 0 heterocycles. The normalized spacial score (nSPS) is 13.3. The highest BCUT2D eigenvalue weighted by atomic mass is 32.2. The van der Waals surface area contributed by atoms with E-state index in [-0.39, 0.29) is 16.5 Å². The summed E-state index contributed by atoms with van der Waals surface area (Å²) in [6, 6.07) is 5.91. The first-order valence-electron chi connectivity index (χ1n) is 6.38. The number of hydrogen-bond acceptors (Lipinski definition) is 6. The van der Waals surface area contributed by atoms with Gasteiger partial charge in [0.25, 0.3) is 10.1 Å². The first kappa shape index (κ1) is 18.8. The van der Waals surface area contributed by atoms with E-state index >= 15 is 0 Å². The molecule has 0 aliphatic rings. The van der Waals surface area contributed by atoms with Crippen molar-refractivity contribution in [3.05, 3.63) is 30.3 Å². The summed E-state index contributed by atoms with van der Waals surface area (Å²) in [6.07, 6.45) is -0.921. The van der Waals surface area contributed by atoms with Crippen molar-refractivity contribution in [2.75, 3.05) is 17.6 Å². The Labute approximate surface area is 137 Å². The second-order valence-electron chi connectivity index (χ2n) is 5.08. The highest BCUT2D eigenvalue weighted by molar-refractivity contribution is 7.92. The van der Waals surface area contributed by atoms with Gasteiger partial charge in [0, 0.05) is 11.1 Å². The number of fused-ring (bicyclic) bond motifs is 1. The molecule has 2 aromatic rings. The van der Waals surface area contributed by atoms with E-state index in [1.165, 1.54) is 18.2 Å². The standard InChI is InChI=1S/C12H14NO8PS2/c13-9-2-1-8-5-10(24(19,20)21)7-12(11(8)6-9)23(17,18)4-3-22(14,15)16/h1-2,5-7H,3-4,13H2,(H2,14,15,16)(H,19,20,21). The average molecular weight is 395 g/mol. The van der Waals surface area contributed by atoms with Gasteiger partial charge in [0.05, 0.1) is 21.7 Å². The fourth-order valence-electron chi connectivity index (χ4n) is 2.07. The molecule has 0 atom stereocenters. The minimum absolute atomic E-state index is 0.0908. The van der Waals surface area contributed by atoms with Crippen LogP contribution in [0.25, 0.3) is 10.8 Å². The maximum Gasteiger partial charge on any atom is 0.326 e. The minimum Gasteiger partial charge on any atom is -0.399 e. The van der Waals surface area contributed by atoms with Gasteiger partial charge in [0.2, 0.25) is 0 Å². The third-order valence-electron chi connectivity index (χ3n) is 3.20. The number of anilines is 1. The maximum absolute atomic E-state index is 12.4. The Morgan fingerprint density at radius 2 is 1.67 bits per heavy atom. The molecule has 0 unspecified atom stereocenters. The molecule has 12 heteroatoms. The molecule has 2 rings (SSSR count). The molecule has 0 radical (unpaired) electrons. The van der Waals surface area contributed by atoms with Gasteiger partial charge in [-0.05, 0) is 29.7 Å².